The van der Waals surface area contributed by atoms with Gasteiger partial charge in [0.05, 0.1) is 11.4 Å². The Balaban J connectivity index is 1.31. The quantitative estimate of drug-likeness (QED) is 0.433. The topological polar surface area (TPSA) is 41.4 Å². The van der Waals surface area contributed by atoms with Crippen LogP contribution < -0.4 is 4.90 Å². The molecule has 0 atom stereocenters. The summed E-state index contributed by atoms with van der Waals surface area (Å²) in [4.78, 5) is 16.6. The van der Waals surface area contributed by atoms with Gasteiger partial charge in [-0.2, -0.15) is 0 Å². The van der Waals surface area contributed by atoms with Crippen LogP contribution in [0.15, 0.2) is 58.9 Å². The number of anilines is 1. The summed E-state index contributed by atoms with van der Waals surface area (Å²) in [6.07, 6.45) is 0. The normalized spacial score (nSPS) is 14.2. The molecule has 150 valence electrons. The zero-order chi connectivity index (χ0) is 20.2. The summed E-state index contributed by atoms with van der Waals surface area (Å²) in [6.45, 7) is 2.79. The summed E-state index contributed by atoms with van der Waals surface area (Å²) in [6, 6.07) is 16.2. The number of halogens is 1. The zero-order valence-electron chi connectivity index (χ0n) is 15.5. The average Bonchev–Trinajstić information content (AvgIpc) is 3.14. The standard InChI is InChI=1S/C20H19FN4OS3/c21-15-6-8-16(9-7-15)23-10-12-24(13-11-23)18(26)14-28-19-22-25(20(27)29-19)17-4-2-1-3-5-17/h1-9H,10-14H2. The summed E-state index contributed by atoms with van der Waals surface area (Å²) in [5.74, 6) is 0.201. The van der Waals surface area contributed by atoms with Crippen LogP contribution in [0.25, 0.3) is 5.69 Å². The molecular formula is C20H19FN4OS3. The fourth-order valence-electron chi connectivity index (χ4n) is 3.13. The van der Waals surface area contributed by atoms with Gasteiger partial charge in [0.15, 0.2) is 8.29 Å². The highest BCUT2D eigenvalue weighted by atomic mass is 32.2. The molecule has 29 heavy (non-hydrogen) atoms. The molecule has 4 rings (SSSR count). The first-order valence-corrected chi connectivity index (χ1v) is 11.4. The number of thioether (sulfide) groups is 1. The molecule has 1 aliphatic rings. The number of nitrogens with zero attached hydrogens (tertiary/aromatic N) is 4. The van der Waals surface area contributed by atoms with E-state index in [1.807, 2.05) is 35.2 Å². The number of rotatable bonds is 5. The van der Waals surface area contributed by atoms with Gasteiger partial charge < -0.3 is 9.80 Å². The third-order valence-corrected chi connectivity index (χ3v) is 7.02. The molecule has 3 aromatic rings. The van der Waals surface area contributed by atoms with Crippen LogP contribution >= 0.6 is 35.3 Å². The highest BCUT2D eigenvalue weighted by molar-refractivity contribution is 8.01. The Labute approximate surface area is 181 Å². The Morgan fingerprint density at radius 1 is 1.03 bits per heavy atom. The minimum atomic E-state index is -0.238. The number of piperazine rings is 1. The van der Waals surface area contributed by atoms with Crippen molar-refractivity contribution in [2.75, 3.05) is 36.8 Å². The van der Waals surface area contributed by atoms with E-state index in [1.165, 1.54) is 35.2 Å². The number of hydrogen-bond donors (Lipinski definition) is 0. The first-order chi connectivity index (χ1) is 14.1. The van der Waals surface area contributed by atoms with Crippen molar-refractivity contribution in [3.8, 4) is 5.69 Å². The summed E-state index contributed by atoms with van der Waals surface area (Å²) in [5, 5.41) is 4.54. The van der Waals surface area contributed by atoms with Crippen molar-refractivity contribution in [3.05, 3.63) is 64.4 Å². The summed E-state index contributed by atoms with van der Waals surface area (Å²) >= 11 is 8.25. The van der Waals surface area contributed by atoms with Crippen LogP contribution in [0.5, 0.6) is 0 Å². The molecule has 1 aliphatic heterocycles. The number of benzene rings is 2. The SMILES string of the molecule is O=C(CSc1nn(-c2ccccc2)c(=S)s1)N1CCN(c2ccc(F)cc2)CC1. The van der Waals surface area contributed by atoms with Crippen LogP contribution in [0.3, 0.4) is 0 Å². The maximum absolute atomic E-state index is 13.1. The molecule has 0 saturated carbocycles. The van der Waals surface area contributed by atoms with Crippen molar-refractivity contribution in [3.63, 3.8) is 0 Å². The second-order valence-electron chi connectivity index (χ2n) is 6.51. The molecule has 0 aliphatic carbocycles. The Morgan fingerprint density at radius 3 is 2.41 bits per heavy atom. The van der Waals surface area contributed by atoms with E-state index >= 15 is 0 Å². The molecule has 2 heterocycles. The minimum absolute atomic E-state index is 0.0983. The lowest BCUT2D eigenvalue weighted by Gasteiger charge is -2.36. The third-order valence-electron chi connectivity index (χ3n) is 4.67. The van der Waals surface area contributed by atoms with E-state index in [-0.39, 0.29) is 11.7 Å². The lowest BCUT2D eigenvalue weighted by Crippen LogP contribution is -2.49. The summed E-state index contributed by atoms with van der Waals surface area (Å²) in [7, 11) is 0. The Kier molecular flexibility index (Phi) is 6.27. The van der Waals surface area contributed by atoms with Gasteiger partial charge in [-0.25, -0.2) is 9.07 Å². The first-order valence-electron chi connectivity index (χ1n) is 9.17. The van der Waals surface area contributed by atoms with Gasteiger partial charge in [-0.1, -0.05) is 41.3 Å². The molecule has 0 spiro atoms. The highest BCUT2D eigenvalue weighted by Crippen LogP contribution is 2.25. The molecule has 1 saturated heterocycles. The third kappa shape index (κ3) is 4.85. The summed E-state index contributed by atoms with van der Waals surface area (Å²) < 4.78 is 16.3. The number of carbonyl (C=O) groups excluding carboxylic acids is 1. The molecule has 1 amide bonds. The molecule has 1 fully saturated rings. The highest BCUT2D eigenvalue weighted by Gasteiger charge is 2.22. The van der Waals surface area contributed by atoms with Crippen molar-refractivity contribution >= 4 is 46.9 Å². The Bertz CT molecular complexity index is 1030. The van der Waals surface area contributed by atoms with Gasteiger partial charge in [0.1, 0.15) is 5.82 Å². The van der Waals surface area contributed by atoms with Crippen LogP contribution in [0.4, 0.5) is 10.1 Å². The number of aromatic nitrogens is 2. The predicted molar refractivity (Wildman–Crippen MR) is 118 cm³/mol. The first kappa shape index (κ1) is 20.1. The van der Waals surface area contributed by atoms with Crippen molar-refractivity contribution in [2.24, 2.45) is 0 Å². The molecule has 5 nitrogen and oxygen atoms in total. The maximum Gasteiger partial charge on any atom is 0.233 e. The van der Waals surface area contributed by atoms with Crippen LogP contribution in [0.1, 0.15) is 0 Å². The van der Waals surface area contributed by atoms with Crippen LogP contribution in [-0.2, 0) is 4.79 Å². The lowest BCUT2D eigenvalue weighted by molar-refractivity contribution is -0.128. The van der Waals surface area contributed by atoms with Gasteiger partial charge in [0.25, 0.3) is 0 Å². The van der Waals surface area contributed by atoms with Crippen molar-refractivity contribution < 1.29 is 9.18 Å². The van der Waals surface area contributed by atoms with Gasteiger partial charge in [0, 0.05) is 31.9 Å². The fraction of sp³-hybridized carbons (Fsp3) is 0.250. The van der Waals surface area contributed by atoms with Gasteiger partial charge in [-0.3, -0.25) is 4.79 Å². The number of carbonyl (C=O) groups is 1. The number of para-hydroxylation sites is 1. The molecule has 0 bridgehead atoms. The lowest BCUT2D eigenvalue weighted by atomic mass is 10.2. The number of amides is 1. The van der Waals surface area contributed by atoms with Gasteiger partial charge in [-0.05, 0) is 48.6 Å². The molecular weight excluding hydrogens is 427 g/mol. The zero-order valence-corrected chi connectivity index (χ0v) is 18.0. The van der Waals surface area contributed by atoms with E-state index < -0.39 is 0 Å². The second kappa shape index (κ2) is 9.06. The van der Waals surface area contributed by atoms with E-state index in [1.54, 1.807) is 16.8 Å². The van der Waals surface area contributed by atoms with Gasteiger partial charge in [-0.15, -0.1) is 5.10 Å². The van der Waals surface area contributed by atoms with E-state index in [0.29, 0.717) is 22.8 Å². The van der Waals surface area contributed by atoms with E-state index in [0.717, 1.165) is 28.8 Å². The van der Waals surface area contributed by atoms with E-state index in [9.17, 15) is 9.18 Å². The average molecular weight is 447 g/mol. The molecule has 2 aromatic carbocycles. The van der Waals surface area contributed by atoms with Gasteiger partial charge in [0.2, 0.25) is 5.91 Å². The van der Waals surface area contributed by atoms with Crippen LogP contribution in [0.2, 0.25) is 0 Å². The van der Waals surface area contributed by atoms with Gasteiger partial charge >= 0.3 is 0 Å². The van der Waals surface area contributed by atoms with Crippen molar-refractivity contribution in [2.45, 2.75) is 4.34 Å². The van der Waals surface area contributed by atoms with E-state index in [4.69, 9.17) is 12.2 Å². The summed E-state index contributed by atoms with van der Waals surface area (Å²) in [5.41, 5.74) is 1.91. The second-order valence-corrected chi connectivity index (χ2v) is 9.36. The molecule has 9 heteroatoms. The van der Waals surface area contributed by atoms with Crippen LogP contribution in [0, 0.1) is 9.77 Å². The molecule has 0 unspecified atom stereocenters. The Hall–Kier alpha value is -2.23. The Morgan fingerprint density at radius 2 is 1.72 bits per heavy atom. The predicted octanol–water partition coefficient (Wildman–Crippen LogP) is 4.24. The van der Waals surface area contributed by atoms with Crippen LogP contribution in [-0.4, -0.2) is 52.5 Å². The van der Waals surface area contributed by atoms with Crippen molar-refractivity contribution in [1.29, 1.82) is 0 Å². The fourth-order valence-corrected chi connectivity index (χ4v) is 5.40. The van der Waals surface area contributed by atoms with E-state index in [2.05, 4.69) is 10.00 Å². The smallest absolute Gasteiger partial charge is 0.233 e. The molecule has 0 N–H and O–H groups in total. The largest absolute Gasteiger partial charge is 0.368 e. The minimum Gasteiger partial charge on any atom is -0.368 e. The molecule has 1 aromatic heterocycles. The monoisotopic (exact) mass is 446 g/mol. The maximum atomic E-state index is 13.1. The number of hydrogen-bond acceptors (Lipinski definition) is 6. The van der Waals surface area contributed by atoms with Crippen molar-refractivity contribution in [1.82, 2.24) is 14.7 Å². The molecule has 0 radical (unpaired) electrons.